The van der Waals surface area contributed by atoms with E-state index < -0.39 is 31.9 Å². The van der Waals surface area contributed by atoms with Gasteiger partial charge in [0, 0.05) is 5.92 Å². The number of sulfone groups is 1. The average Bonchev–Trinajstić information content (AvgIpc) is 3.36. The molecule has 0 N–H and O–H groups in total. The highest BCUT2D eigenvalue weighted by Gasteiger charge is 2.89. The van der Waals surface area contributed by atoms with Crippen molar-refractivity contribution in [1.82, 2.24) is 0 Å². The van der Waals surface area contributed by atoms with Gasteiger partial charge < -0.3 is 4.74 Å². The van der Waals surface area contributed by atoms with Crippen LogP contribution in [0.5, 0.6) is 0 Å². The highest BCUT2D eigenvalue weighted by atomic mass is 32.2. The Bertz CT molecular complexity index is 1330. The lowest BCUT2D eigenvalue weighted by molar-refractivity contribution is -0.145. The van der Waals surface area contributed by atoms with Gasteiger partial charge in [0.25, 0.3) is 0 Å². The van der Waals surface area contributed by atoms with Gasteiger partial charge in [0.15, 0.2) is 9.84 Å². The lowest BCUT2D eigenvalue weighted by Gasteiger charge is -2.20. The van der Waals surface area contributed by atoms with Crippen LogP contribution in [-0.4, -0.2) is 26.2 Å². The first-order valence-electron chi connectivity index (χ1n) is 10.4. The van der Waals surface area contributed by atoms with E-state index in [2.05, 4.69) is 0 Å². The largest absolute Gasteiger partial charge is 0.468 e. The monoisotopic (exact) mass is 442 g/mol. The van der Waals surface area contributed by atoms with Crippen molar-refractivity contribution in [2.75, 3.05) is 7.11 Å². The molecule has 3 aromatic rings. The number of rotatable bonds is 5. The first-order chi connectivity index (χ1) is 15.5. The lowest BCUT2D eigenvalue weighted by atomic mass is 9.98. The quantitative estimate of drug-likeness (QED) is 0.532. The van der Waals surface area contributed by atoms with Crippen LogP contribution in [0.15, 0.2) is 114 Å². The maximum Gasteiger partial charge on any atom is 0.318 e. The molecule has 160 valence electrons. The maximum absolute atomic E-state index is 14.3. The van der Waals surface area contributed by atoms with Crippen molar-refractivity contribution < 1.29 is 17.9 Å². The molecule has 4 nitrogen and oxygen atoms in total. The Kier molecular flexibility index (Phi) is 4.68. The molecule has 0 saturated heterocycles. The number of allylic oxidation sites excluding steroid dienone is 1. The van der Waals surface area contributed by atoms with Crippen LogP contribution in [0.4, 0.5) is 0 Å². The standard InChI is InChI=1S/C27H22O4S/c1-31-25(28)26-18-17-22(19-20-11-5-2-6-12-20)27(26,24(26)21-13-7-3-8-14-21)32(29,30)23-15-9-4-10-16-23/h2-19,24H,1H3/b22-19-/t24-,26+,27+/m0/s1. The first-order valence-corrected chi connectivity index (χ1v) is 11.9. The normalized spacial score (nSPS) is 27.2. The van der Waals surface area contributed by atoms with E-state index >= 15 is 0 Å². The summed E-state index contributed by atoms with van der Waals surface area (Å²) in [5, 5.41) is 0. The predicted octanol–water partition coefficient (Wildman–Crippen LogP) is 4.81. The highest BCUT2D eigenvalue weighted by molar-refractivity contribution is 7.93. The number of esters is 1. The van der Waals surface area contributed by atoms with Crippen LogP contribution in [0.1, 0.15) is 17.0 Å². The van der Waals surface area contributed by atoms with Gasteiger partial charge in [-0.2, -0.15) is 0 Å². The molecule has 0 heterocycles. The second-order valence-corrected chi connectivity index (χ2v) is 10.2. The number of carbonyl (C=O) groups excluding carboxylic acids is 1. The number of hydrogen-bond acceptors (Lipinski definition) is 4. The summed E-state index contributed by atoms with van der Waals surface area (Å²) in [5.41, 5.74) is 0.931. The van der Waals surface area contributed by atoms with E-state index in [0.29, 0.717) is 5.57 Å². The Morgan fingerprint density at radius 3 is 2.03 bits per heavy atom. The van der Waals surface area contributed by atoms with Crippen molar-refractivity contribution >= 4 is 21.9 Å². The van der Waals surface area contributed by atoms with Gasteiger partial charge in [-0.15, -0.1) is 0 Å². The number of carbonyl (C=O) groups is 1. The molecule has 1 saturated carbocycles. The van der Waals surface area contributed by atoms with E-state index in [0.717, 1.165) is 11.1 Å². The minimum absolute atomic E-state index is 0.189. The van der Waals surface area contributed by atoms with Crippen LogP contribution in [-0.2, 0) is 19.4 Å². The van der Waals surface area contributed by atoms with Crippen LogP contribution in [0.3, 0.4) is 0 Å². The number of fused-ring (bicyclic) bond motifs is 1. The summed E-state index contributed by atoms with van der Waals surface area (Å²) in [6.07, 6.45) is 5.36. The van der Waals surface area contributed by atoms with Crippen LogP contribution in [0, 0.1) is 5.41 Å². The van der Waals surface area contributed by atoms with E-state index in [1.807, 2.05) is 66.7 Å². The van der Waals surface area contributed by atoms with Crippen molar-refractivity contribution in [1.29, 1.82) is 0 Å². The highest BCUT2D eigenvalue weighted by Crippen LogP contribution is 2.79. The summed E-state index contributed by atoms with van der Waals surface area (Å²) in [6.45, 7) is 0. The molecule has 1 fully saturated rings. The number of methoxy groups -OCH3 is 1. The van der Waals surface area contributed by atoms with E-state index in [1.165, 1.54) is 7.11 Å². The van der Waals surface area contributed by atoms with Gasteiger partial charge >= 0.3 is 5.97 Å². The first kappa shape index (κ1) is 20.5. The summed E-state index contributed by atoms with van der Waals surface area (Å²) in [7, 11) is -2.67. The van der Waals surface area contributed by atoms with Gasteiger partial charge in [0.2, 0.25) is 0 Å². The van der Waals surface area contributed by atoms with Crippen molar-refractivity contribution in [2.45, 2.75) is 15.6 Å². The molecule has 0 aromatic heterocycles. The van der Waals surface area contributed by atoms with Crippen LogP contribution < -0.4 is 0 Å². The zero-order valence-corrected chi connectivity index (χ0v) is 18.3. The van der Waals surface area contributed by atoms with Gasteiger partial charge in [-0.3, -0.25) is 4.79 Å². The predicted molar refractivity (Wildman–Crippen MR) is 124 cm³/mol. The number of benzene rings is 3. The number of hydrogen-bond donors (Lipinski definition) is 0. The molecule has 0 spiro atoms. The zero-order chi connectivity index (χ0) is 22.4. The molecular formula is C27H22O4S. The van der Waals surface area contributed by atoms with Crippen LogP contribution in [0.2, 0.25) is 0 Å². The summed E-state index contributed by atoms with van der Waals surface area (Å²) >= 11 is 0. The summed E-state index contributed by atoms with van der Waals surface area (Å²) in [4.78, 5) is 13.5. The maximum atomic E-state index is 14.3. The molecule has 0 bridgehead atoms. The number of ether oxygens (including phenoxy) is 1. The second-order valence-electron chi connectivity index (χ2n) is 8.10. The van der Waals surface area contributed by atoms with Crippen LogP contribution >= 0.6 is 0 Å². The molecule has 0 aliphatic heterocycles. The van der Waals surface area contributed by atoms with Gasteiger partial charge in [-0.05, 0) is 28.8 Å². The smallest absolute Gasteiger partial charge is 0.318 e. The molecule has 0 unspecified atom stereocenters. The van der Waals surface area contributed by atoms with Crippen molar-refractivity contribution in [3.05, 3.63) is 120 Å². The molecule has 5 heteroatoms. The zero-order valence-electron chi connectivity index (χ0n) is 17.5. The second kappa shape index (κ2) is 7.31. The van der Waals surface area contributed by atoms with Crippen LogP contribution in [0.25, 0.3) is 6.08 Å². The van der Waals surface area contributed by atoms with Crippen molar-refractivity contribution in [2.24, 2.45) is 5.41 Å². The topological polar surface area (TPSA) is 60.4 Å². The van der Waals surface area contributed by atoms with Gasteiger partial charge in [0.05, 0.1) is 12.0 Å². The molecule has 0 amide bonds. The van der Waals surface area contributed by atoms with E-state index in [4.69, 9.17) is 4.74 Å². The molecule has 0 radical (unpaired) electrons. The average molecular weight is 443 g/mol. The Morgan fingerprint density at radius 2 is 1.44 bits per heavy atom. The van der Waals surface area contributed by atoms with Gasteiger partial charge in [-0.25, -0.2) is 8.42 Å². The minimum atomic E-state index is -3.98. The third-order valence-electron chi connectivity index (χ3n) is 6.60. The minimum Gasteiger partial charge on any atom is -0.468 e. The fourth-order valence-corrected chi connectivity index (χ4v) is 7.90. The van der Waals surface area contributed by atoms with Crippen molar-refractivity contribution in [3.8, 4) is 0 Å². The fraction of sp³-hybridized carbons (Fsp3) is 0.148. The van der Waals surface area contributed by atoms with Crippen molar-refractivity contribution in [3.63, 3.8) is 0 Å². The third-order valence-corrected chi connectivity index (χ3v) is 9.15. The third kappa shape index (κ3) is 2.55. The Balaban J connectivity index is 1.82. The van der Waals surface area contributed by atoms with Gasteiger partial charge in [0.1, 0.15) is 10.2 Å². The molecule has 32 heavy (non-hydrogen) atoms. The Labute approximate surface area is 187 Å². The van der Waals surface area contributed by atoms with E-state index in [9.17, 15) is 13.2 Å². The summed E-state index contributed by atoms with van der Waals surface area (Å²) in [6, 6.07) is 27.3. The Morgan fingerprint density at radius 1 is 0.875 bits per heavy atom. The summed E-state index contributed by atoms with van der Waals surface area (Å²) < 4.78 is 32.4. The van der Waals surface area contributed by atoms with E-state index in [1.54, 1.807) is 42.5 Å². The van der Waals surface area contributed by atoms with E-state index in [-0.39, 0.29) is 4.90 Å². The molecule has 3 aromatic carbocycles. The molecule has 2 aliphatic carbocycles. The Hall–Kier alpha value is -3.44. The van der Waals surface area contributed by atoms with Gasteiger partial charge in [-0.1, -0.05) is 97.1 Å². The molecule has 3 atom stereocenters. The SMILES string of the molecule is COC(=O)[C@]12C=C/C(=C/c3ccccc3)[C@@]1(S(=O)(=O)c1ccccc1)[C@H]2c1ccccc1. The molecule has 5 rings (SSSR count). The molecule has 2 aliphatic rings. The molecular weight excluding hydrogens is 420 g/mol. The fourth-order valence-electron chi connectivity index (χ4n) is 5.29. The lowest BCUT2D eigenvalue weighted by Crippen LogP contribution is -2.33. The summed E-state index contributed by atoms with van der Waals surface area (Å²) in [5.74, 6) is -1.13.